The highest BCUT2D eigenvalue weighted by molar-refractivity contribution is 5.78. The zero-order valence-electron chi connectivity index (χ0n) is 9.82. The summed E-state index contributed by atoms with van der Waals surface area (Å²) in [4.78, 5) is 11.6. The number of ether oxygens (including phenoxy) is 2. The fourth-order valence-electron chi connectivity index (χ4n) is 1.52. The molecule has 88 valence electrons. The van der Waals surface area contributed by atoms with Gasteiger partial charge in [-0.05, 0) is 24.7 Å². The lowest BCUT2D eigenvalue weighted by molar-refractivity contribution is -0.142. The lowest BCUT2D eigenvalue weighted by atomic mass is 9.99. The summed E-state index contributed by atoms with van der Waals surface area (Å²) in [6.07, 6.45) is 0. The van der Waals surface area contributed by atoms with Gasteiger partial charge in [0.1, 0.15) is 5.75 Å². The molecule has 1 aromatic rings. The van der Waals surface area contributed by atoms with Gasteiger partial charge in [-0.2, -0.15) is 0 Å². The van der Waals surface area contributed by atoms with Gasteiger partial charge in [0.05, 0.1) is 20.1 Å². The zero-order chi connectivity index (χ0) is 12.0. The monoisotopic (exact) mass is 223 g/mol. The maximum Gasteiger partial charge on any atom is 0.314 e. The van der Waals surface area contributed by atoms with E-state index < -0.39 is 0 Å². The van der Waals surface area contributed by atoms with Crippen LogP contribution in [-0.2, 0) is 9.53 Å². The van der Waals surface area contributed by atoms with Crippen molar-refractivity contribution < 1.29 is 14.3 Å². The number of benzene rings is 1. The summed E-state index contributed by atoms with van der Waals surface area (Å²) in [6.45, 7) is 0.555. The van der Waals surface area contributed by atoms with Gasteiger partial charge in [-0.3, -0.25) is 4.79 Å². The number of nitrogens with one attached hydrogen (secondary N) is 1. The second-order valence-corrected chi connectivity index (χ2v) is 3.41. The maximum atomic E-state index is 11.6. The molecule has 1 rings (SSSR count). The quantitative estimate of drug-likeness (QED) is 0.761. The average Bonchev–Trinajstić information content (AvgIpc) is 2.35. The van der Waals surface area contributed by atoms with Crippen molar-refractivity contribution in [2.45, 2.75) is 5.92 Å². The van der Waals surface area contributed by atoms with E-state index in [1.807, 2.05) is 24.3 Å². The lowest BCUT2D eigenvalue weighted by Crippen LogP contribution is -2.25. The van der Waals surface area contributed by atoms with Crippen molar-refractivity contribution in [3.63, 3.8) is 0 Å². The fraction of sp³-hybridized carbons (Fsp3) is 0.417. The van der Waals surface area contributed by atoms with Crippen LogP contribution in [0.4, 0.5) is 0 Å². The summed E-state index contributed by atoms with van der Waals surface area (Å²) in [5.74, 6) is 0.261. The summed E-state index contributed by atoms with van der Waals surface area (Å²) in [5.41, 5.74) is 0.919. The normalized spacial score (nSPS) is 11.9. The molecule has 0 aliphatic heterocycles. The minimum Gasteiger partial charge on any atom is -0.497 e. The third-order valence-corrected chi connectivity index (χ3v) is 2.41. The average molecular weight is 223 g/mol. The molecule has 16 heavy (non-hydrogen) atoms. The minimum atomic E-state index is -0.277. The Balaban J connectivity index is 2.87. The molecule has 0 fully saturated rings. The van der Waals surface area contributed by atoms with Crippen LogP contribution in [0.25, 0.3) is 0 Å². The molecule has 4 nitrogen and oxygen atoms in total. The number of hydrogen-bond acceptors (Lipinski definition) is 4. The van der Waals surface area contributed by atoms with Gasteiger partial charge in [-0.25, -0.2) is 0 Å². The fourth-order valence-corrected chi connectivity index (χ4v) is 1.52. The molecule has 1 N–H and O–H groups in total. The lowest BCUT2D eigenvalue weighted by Gasteiger charge is -2.14. The molecule has 0 radical (unpaired) electrons. The first-order chi connectivity index (χ1) is 7.72. The van der Waals surface area contributed by atoms with Crippen molar-refractivity contribution in [1.82, 2.24) is 5.32 Å². The Hall–Kier alpha value is -1.55. The minimum absolute atomic E-state index is 0.237. The van der Waals surface area contributed by atoms with Crippen molar-refractivity contribution >= 4 is 5.97 Å². The Morgan fingerprint density at radius 2 is 1.94 bits per heavy atom. The molecule has 0 amide bonds. The van der Waals surface area contributed by atoms with E-state index >= 15 is 0 Å². The van der Waals surface area contributed by atoms with Gasteiger partial charge < -0.3 is 14.8 Å². The van der Waals surface area contributed by atoms with E-state index in [2.05, 4.69) is 5.32 Å². The Morgan fingerprint density at radius 3 is 2.38 bits per heavy atom. The molecule has 0 saturated carbocycles. The van der Waals surface area contributed by atoms with Crippen molar-refractivity contribution in [2.75, 3.05) is 27.8 Å². The highest BCUT2D eigenvalue weighted by Crippen LogP contribution is 2.20. The third kappa shape index (κ3) is 2.97. The highest BCUT2D eigenvalue weighted by atomic mass is 16.5. The van der Waals surface area contributed by atoms with Crippen LogP contribution in [0.2, 0.25) is 0 Å². The smallest absolute Gasteiger partial charge is 0.314 e. The van der Waals surface area contributed by atoms with Crippen LogP contribution in [0.15, 0.2) is 24.3 Å². The second kappa shape index (κ2) is 6.12. The van der Waals surface area contributed by atoms with Crippen LogP contribution >= 0.6 is 0 Å². The van der Waals surface area contributed by atoms with Gasteiger partial charge >= 0.3 is 5.97 Å². The van der Waals surface area contributed by atoms with Gasteiger partial charge in [-0.15, -0.1) is 0 Å². The Bertz CT molecular complexity index is 335. The largest absolute Gasteiger partial charge is 0.497 e. The molecule has 0 bridgehead atoms. The van der Waals surface area contributed by atoms with E-state index in [1.54, 1.807) is 14.2 Å². The van der Waals surface area contributed by atoms with E-state index in [9.17, 15) is 4.79 Å². The summed E-state index contributed by atoms with van der Waals surface area (Å²) in [5, 5.41) is 2.98. The summed E-state index contributed by atoms with van der Waals surface area (Å²) >= 11 is 0. The summed E-state index contributed by atoms with van der Waals surface area (Å²) in [6, 6.07) is 7.41. The maximum absolute atomic E-state index is 11.6. The first-order valence-electron chi connectivity index (χ1n) is 5.09. The van der Waals surface area contributed by atoms with Gasteiger partial charge in [0.2, 0.25) is 0 Å². The van der Waals surface area contributed by atoms with Crippen molar-refractivity contribution in [2.24, 2.45) is 0 Å². The summed E-state index contributed by atoms with van der Waals surface area (Å²) in [7, 11) is 4.81. The second-order valence-electron chi connectivity index (χ2n) is 3.41. The number of hydrogen-bond donors (Lipinski definition) is 1. The van der Waals surface area contributed by atoms with E-state index in [1.165, 1.54) is 7.11 Å². The SMILES string of the molecule is CNCC(C(=O)OC)c1ccc(OC)cc1. The molecule has 0 aliphatic carbocycles. The molecule has 0 saturated heterocycles. The number of methoxy groups -OCH3 is 2. The molecular formula is C12H17NO3. The molecule has 1 unspecified atom stereocenters. The predicted molar refractivity (Wildman–Crippen MR) is 61.7 cm³/mol. The molecule has 0 aromatic heterocycles. The number of esters is 1. The van der Waals surface area contributed by atoms with Gasteiger partial charge in [0.25, 0.3) is 0 Å². The van der Waals surface area contributed by atoms with Crippen molar-refractivity contribution in [3.8, 4) is 5.75 Å². The number of rotatable bonds is 5. The van der Waals surface area contributed by atoms with Crippen LogP contribution in [0, 0.1) is 0 Å². The first kappa shape index (κ1) is 12.5. The number of carbonyl (C=O) groups excluding carboxylic acids is 1. The molecule has 0 spiro atoms. The van der Waals surface area contributed by atoms with E-state index in [0.29, 0.717) is 6.54 Å². The Labute approximate surface area is 95.6 Å². The topological polar surface area (TPSA) is 47.6 Å². The molecule has 0 aliphatic rings. The van der Waals surface area contributed by atoms with Crippen molar-refractivity contribution in [1.29, 1.82) is 0 Å². The zero-order valence-corrected chi connectivity index (χ0v) is 9.82. The third-order valence-electron chi connectivity index (χ3n) is 2.41. The van der Waals surface area contributed by atoms with E-state index in [-0.39, 0.29) is 11.9 Å². The standard InChI is InChI=1S/C12H17NO3/c1-13-8-11(12(14)16-3)9-4-6-10(15-2)7-5-9/h4-7,11,13H,8H2,1-3H3. The van der Waals surface area contributed by atoms with Crippen LogP contribution in [0.3, 0.4) is 0 Å². The van der Waals surface area contributed by atoms with Crippen LogP contribution < -0.4 is 10.1 Å². The van der Waals surface area contributed by atoms with Gasteiger partial charge in [0.15, 0.2) is 0 Å². The van der Waals surface area contributed by atoms with Crippen molar-refractivity contribution in [3.05, 3.63) is 29.8 Å². The Kier molecular flexibility index (Phi) is 4.79. The molecule has 4 heteroatoms. The number of carbonyl (C=O) groups is 1. The first-order valence-corrected chi connectivity index (χ1v) is 5.09. The predicted octanol–water partition coefficient (Wildman–Crippen LogP) is 1.17. The molecule has 1 aromatic carbocycles. The highest BCUT2D eigenvalue weighted by Gasteiger charge is 2.20. The van der Waals surface area contributed by atoms with Crippen LogP contribution in [0.1, 0.15) is 11.5 Å². The number of likely N-dealkylation sites (N-methyl/N-ethyl adjacent to an activating group) is 1. The van der Waals surface area contributed by atoms with Gasteiger partial charge in [0, 0.05) is 6.54 Å². The van der Waals surface area contributed by atoms with Gasteiger partial charge in [-0.1, -0.05) is 12.1 Å². The molecular weight excluding hydrogens is 206 g/mol. The molecule has 0 heterocycles. The molecule has 1 atom stereocenters. The van der Waals surface area contributed by atoms with Crippen LogP contribution in [-0.4, -0.2) is 33.8 Å². The van der Waals surface area contributed by atoms with Crippen LogP contribution in [0.5, 0.6) is 5.75 Å². The van der Waals surface area contributed by atoms with E-state index in [4.69, 9.17) is 9.47 Å². The van der Waals surface area contributed by atoms with E-state index in [0.717, 1.165) is 11.3 Å². The Morgan fingerprint density at radius 1 is 1.31 bits per heavy atom. The summed E-state index contributed by atoms with van der Waals surface area (Å²) < 4.78 is 9.83.